The first-order chi connectivity index (χ1) is 19.1. The molecule has 5 rings (SSSR count). The van der Waals surface area contributed by atoms with Gasteiger partial charge in [0.25, 0.3) is 0 Å². The molecule has 1 heterocycles. The number of nitrogens with zero attached hydrogens (tertiary/aromatic N) is 3. The number of carbonyl (C=O) groups excluding carboxylic acids is 2. The zero-order valence-electron chi connectivity index (χ0n) is 21.4. The van der Waals surface area contributed by atoms with E-state index in [2.05, 4.69) is 22.8 Å². The molecule has 1 aromatic heterocycles. The fourth-order valence-electron chi connectivity index (χ4n) is 4.07. The second-order valence-corrected chi connectivity index (χ2v) is 8.77. The van der Waals surface area contributed by atoms with Crippen molar-refractivity contribution in [2.45, 2.75) is 13.3 Å². The third-order valence-electron chi connectivity index (χ3n) is 5.98. The molecule has 8 heteroatoms. The van der Waals surface area contributed by atoms with Crippen LogP contribution in [0.15, 0.2) is 108 Å². The number of hydrogen-bond donors (Lipinski definition) is 2. The molecule has 2 amide bonds. The number of carbonyl (C=O) groups is 2. The molecule has 0 aliphatic heterocycles. The molecular weight excluding hydrogens is 490 g/mol. The Hall–Kier alpha value is -5.24. The lowest BCUT2D eigenvalue weighted by Crippen LogP contribution is -2.32. The van der Waals surface area contributed by atoms with Crippen LogP contribution < -0.4 is 15.5 Å². The van der Waals surface area contributed by atoms with Crippen molar-refractivity contribution in [3.05, 3.63) is 109 Å². The number of nitrogens with one attached hydrogen (secondary N) is 2. The number of aromatic nitrogens is 2. The molecule has 0 fully saturated rings. The molecule has 0 saturated carbocycles. The van der Waals surface area contributed by atoms with Crippen LogP contribution in [0.5, 0.6) is 5.75 Å². The summed E-state index contributed by atoms with van der Waals surface area (Å²) in [6.07, 6.45) is 4.22. The zero-order valence-corrected chi connectivity index (χ0v) is 21.4. The Morgan fingerprint density at radius 2 is 1.64 bits per heavy atom. The Morgan fingerprint density at radius 1 is 0.897 bits per heavy atom. The molecule has 0 unspecified atom stereocenters. The summed E-state index contributed by atoms with van der Waals surface area (Å²) in [5.74, 6) is -0.914. The smallest absolute Gasteiger partial charge is 0.329 e. The highest BCUT2D eigenvalue weighted by Gasteiger charge is 2.15. The third-order valence-corrected chi connectivity index (χ3v) is 5.98. The van der Waals surface area contributed by atoms with E-state index in [9.17, 15) is 9.59 Å². The molecule has 0 spiro atoms. The van der Waals surface area contributed by atoms with Crippen LogP contribution >= 0.6 is 0 Å². The molecule has 0 saturated heterocycles. The zero-order chi connectivity index (χ0) is 27.0. The minimum absolute atomic E-state index is 0.551. The van der Waals surface area contributed by atoms with Crippen LogP contribution in [0, 0.1) is 0 Å². The number of hydrazone groups is 1. The van der Waals surface area contributed by atoms with Crippen LogP contribution in [0.3, 0.4) is 0 Å². The van der Waals surface area contributed by atoms with Crippen LogP contribution in [0.4, 0.5) is 5.69 Å². The van der Waals surface area contributed by atoms with Gasteiger partial charge in [0.2, 0.25) is 0 Å². The quantitative estimate of drug-likeness (QED) is 0.160. The minimum atomic E-state index is -0.881. The van der Waals surface area contributed by atoms with Gasteiger partial charge in [0, 0.05) is 28.4 Å². The van der Waals surface area contributed by atoms with E-state index in [4.69, 9.17) is 9.84 Å². The van der Waals surface area contributed by atoms with Gasteiger partial charge in [-0.15, -0.1) is 0 Å². The summed E-state index contributed by atoms with van der Waals surface area (Å²) in [7, 11) is 0. The Labute approximate surface area is 225 Å². The van der Waals surface area contributed by atoms with E-state index in [0.29, 0.717) is 23.6 Å². The maximum atomic E-state index is 12.6. The van der Waals surface area contributed by atoms with Gasteiger partial charge in [-0.2, -0.15) is 10.2 Å². The number of benzene rings is 4. The first kappa shape index (κ1) is 25.4. The number of fused-ring (bicyclic) bond motifs is 1. The standard InChI is InChI=1S/C31H27N5O3/c1-2-19-39-26-17-15-23(16-18-26)29-24(21-36(35-29)25-11-4-3-5-12-25)20-32-34-31(38)30(37)33-28-14-8-10-22-9-6-7-13-27(22)28/h3-18,20-21H,2,19H2,1H3,(H,33,37)(H,34,38)/b32-20+. The first-order valence-electron chi connectivity index (χ1n) is 12.6. The van der Waals surface area contributed by atoms with Gasteiger partial charge in [0.15, 0.2) is 0 Å². The number of amides is 2. The maximum absolute atomic E-state index is 12.6. The lowest BCUT2D eigenvalue weighted by atomic mass is 10.1. The molecule has 0 aliphatic rings. The van der Waals surface area contributed by atoms with Crippen molar-refractivity contribution in [3.63, 3.8) is 0 Å². The van der Waals surface area contributed by atoms with Gasteiger partial charge < -0.3 is 10.1 Å². The number of para-hydroxylation sites is 1. The Bertz CT molecular complexity index is 1620. The molecular formula is C31H27N5O3. The van der Waals surface area contributed by atoms with E-state index in [1.807, 2.05) is 97.2 Å². The number of anilines is 1. The van der Waals surface area contributed by atoms with Gasteiger partial charge in [0.05, 0.1) is 18.5 Å². The SMILES string of the molecule is CCCOc1ccc(-c2nn(-c3ccccc3)cc2/C=N/NC(=O)C(=O)Nc2cccc3ccccc23)cc1. The fraction of sp³-hybridized carbons (Fsp3) is 0.0968. The van der Waals surface area contributed by atoms with Crippen LogP contribution in [0.2, 0.25) is 0 Å². The van der Waals surface area contributed by atoms with Crippen molar-refractivity contribution in [3.8, 4) is 22.7 Å². The minimum Gasteiger partial charge on any atom is -0.494 e. The van der Waals surface area contributed by atoms with Crippen LogP contribution in [-0.4, -0.2) is 34.4 Å². The van der Waals surface area contributed by atoms with Crippen molar-refractivity contribution in [1.82, 2.24) is 15.2 Å². The molecule has 0 aliphatic carbocycles. The average Bonchev–Trinajstić information content (AvgIpc) is 3.41. The summed E-state index contributed by atoms with van der Waals surface area (Å²) in [5, 5.41) is 13.3. The summed E-state index contributed by atoms with van der Waals surface area (Å²) < 4.78 is 7.44. The van der Waals surface area contributed by atoms with Gasteiger partial charge in [-0.3, -0.25) is 9.59 Å². The van der Waals surface area contributed by atoms with Gasteiger partial charge in [-0.05, 0) is 54.3 Å². The summed E-state index contributed by atoms with van der Waals surface area (Å²) >= 11 is 0. The maximum Gasteiger partial charge on any atom is 0.329 e. The molecule has 0 atom stereocenters. The molecule has 2 N–H and O–H groups in total. The van der Waals surface area contributed by atoms with Crippen molar-refractivity contribution in [1.29, 1.82) is 0 Å². The Kier molecular flexibility index (Phi) is 7.73. The Morgan fingerprint density at radius 3 is 2.44 bits per heavy atom. The molecule has 39 heavy (non-hydrogen) atoms. The van der Waals surface area contributed by atoms with E-state index < -0.39 is 11.8 Å². The van der Waals surface area contributed by atoms with E-state index in [1.165, 1.54) is 6.21 Å². The number of ether oxygens (including phenoxy) is 1. The van der Waals surface area contributed by atoms with E-state index in [0.717, 1.165) is 34.2 Å². The second-order valence-electron chi connectivity index (χ2n) is 8.77. The van der Waals surface area contributed by atoms with Crippen molar-refractivity contribution in [2.75, 3.05) is 11.9 Å². The topological polar surface area (TPSA) is 97.6 Å². The molecule has 4 aromatic carbocycles. The lowest BCUT2D eigenvalue weighted by molar-refractivity contribution is -0.136. The predicted octanol–water partition coefficient (Wildman–Crippen LogP) is 5.57. The third kappa shape index (κ3) is 6.02. The highest BCUT2D eigenvalue weighted by molar-refractivity contribution is 6.40. The van der Waals surface area contributed by atoms with Crippen molar-refractivity contribution >= 4 is 34.5 Å². The highest BCUT2D eigenvalue weighted by Crippen LogP contribution is 2.25. The summed E-state index contributed by atoms with van der Waals surface area (Å²) in [5.41, 5.74) is 5.93. The van der Waals surface area contributed by atoms with Gasteiger partial charge >= 0.3 is 11.8 Å². The van der Waals surface area contributed by atoms with Crippen LogP contribution in [0.25, 0.3) is 27.7 Å². The number of hydrogen-bond acceptors (Lipinski definition) is 5. The summed E-state index contributed by atoms with van der Waals surface area (Å²) in [6.45, 7) is 2.70. The van der Waals surface area contributed by atoms with E-state index in [1.54, 1.807) is 10.7 Å². The Balaban J connectivity index is 1.34. The van der Waals surface area contributed by atoms with Gasteiger partial charge in [-0.1, -0.05) is 61.5 Å². The van der Waals surface area contributed by atoms with E-state index >= 15 is 0 Å². The van der Waals surface area contributed by atoms with Crippen LogP contribution in [0.1, 0.15) is 18.9 Å². The molecule has 0 radical (unpaired) electrons. The van der Waals surface area contributed by atoms with Gasteiger partial charge in [-0.25, -0.2) is 10.1 Å². The van der Waals surface area contributed by atoms with Crippen molar-refractivity contribution < 1.29 is 14.3 Å². The molecule has 194 valence electrons. The van der Waals surface area contributed by atoms with Crippen LogP contribution in [-0.2, 0) is 9.59 Å². The molecule has 0 bridgehead atoms. The fourth-order valence-corrected chi connectivity index (χ4v) is 4.07. The summed E-state index contributed by atoms with van der Waals surface area (Å²) in [4.78, 5) is 25.1. The highest BCUT2D eigenvalue weighted by atomic mass is 16.5. The second kappa shape index (κ2) is 11.9. The lowest BCUT2D eigenvalue weighted by Gasteiger charge is -2.07. The summed E-state index contributed by atoms with van der Waals surface area (Å²) in [6, 6.07) is 30.4. The molecule has 5 aromatic rings. The normalized spacial score (nSPS) is 11.0. The molecule has 8 nitrogen and oxygen atoms in total. The van der Waals surface area contributed by atoms with Gasteiger partial charge in [0.1, 0.15) is 11.4 Å². The first-order valence-corrected chi connectivity index (χ1v) is 12.6. The monoisotopic (exact) mass is 517 g/mol. The largest absolute Gasteiger partial charge is 0.494 e. The number of rotatable bonds is 8. The van der Waals surface area contributed by atoms with E-state index in [-0.39, 0.29) is 0 Å². The van der Waals surface area contributed by atoms with Crippen molar-refractivity contribution in [2.24, 2.45) is 5.10 Å². The predicted molar refractivity (Wildman–Crippen MR) is 153 cm³/mol. The average molecular weight is 518 g/mol.